The zero-order valence-corrected chi connectivity index (χ0v) is 35.9. The third-order valence-corrected chi connectivity index (χ3v) is 11.0. The molecule has 0 saturated heterocycles. The number of nitrogens with two attached hydrogens (primary N) is 1. The molecule has 0 unspecified atom stereocenters. The number of carbonyl (C=O) groups excluding carboxylic acids is 9. The molecule has 0 spiro atoms. The second-order valence-corrected chi connectivity index (χ2v) is 15.5. The van der Waals surface area contributed by atoms with Gasteiger partial charge in [-0.1, -0.05) is 24.3 Å². The summed E-state index contributed by atoms with van der Waals surface area (Å²) in [7, 11) is 2.30. The molecule has 62 heavy (non-hydrogen) atoms. The maximum atomic E-state index is 14.1. The van der Waals surface area contributed by atoms with Crippen LogP contribution >= 0.6 is 11.8 Å². The van der Waals surface area contributed by atoms with Crippen LogP contribution in [0.3, 0.4) is 0 Å². The number of imidazole rings is 1. The first-order valence-corrected chi connectivity index (χ1v) is 20.6. The normalized spacial score (nSPS) is 21.6. The fourth-order valence-electron chi connectivity index (χ4n) is 6.51. The molecule has 0 radical (unpaired) electrons. The fourth-order valence-corrected chi connectivity index (χ4v) is 7.74. The van der Waals surface area contributed by atoms with Gasteiger partial charge in [0.05, 0.1) is 36.8 Å². The first-order chi connectivity index (χ1) is 29.4. The van der Waals surface area contributed by atoms with E-state index in [1.165, 1.54) is 40.2 Å². The van der Waals surface area contributed by atoms with E-state index in [1.807, 2.05) is 0 Å². The summed E-state index contributed by atoms with van der Waals surface area (Å²) < 4.78 is 11.7. The Morgan fingerprint density at radius 2 is 1.52 bits per heavy atom. The van der Waals surface area contributed by atoms with E-state index in [9.17, 15) is 43.2 Å². The van der Waals surface area contributed by atoms with E-state index in [1.54, 1.807) is 28.8 Å². The van der Waals surface area contributed by atoms with Gasteiger partial charge in [0.1, 0.15) is 36.3 Å². The van der Waals surface area contributed by atoms with Crippen molar-refractivity contribution in [2.24, 2.45) is 5.73 Å². The Labute approximate surface area is 360 Å². The fraction of sp³-hybridized carbons (Fsp3) is 0.450. The largest absolute Gasteiger partial charge is 0.466 e. The van der Waals surface area contributed by atoms with Crippen molar-refractivity contribution in [2.75, 3.05) is 20.0 Å². The number of nitrogens with zero attached hydrogens (tertiary/aromatic N) is 2. The van der Waals surface area contributed by atoms with Crippen molar-refractivity contribution in [3.63, 3.8) is 0 Å². The highest BCUT2D eigenvalue weighted by Gasteiger charge is 2.32. The van der Waals surface area contributed by atoms with Gasteiger partial charge >= 0.3 is 11.9 Å². The number of aromatic amines is 1. The van der Waals surface area contributed by atoms with Gasteiger partial charge < -0.3 is 56.7 Å². The minimum atomic E-state index is -1.38. The Balaban J connectivity index is 1.86. The highest BCUT2D eigenvalue weighted by Crippen LogP contribution is 2.38. The van der Waals surface area contributed by atoms with Crippen molar-refractivity contribution < 1.29 is 52.6 Å². The number of amides is 7. The number of H-pyrrole nitrogens is 1. The first-order valence-electron chi connectivity index (χ1n) is 19.6. The molecular weight excluding hydrogens is 829 g/mol. The lowest BCUT2D eigenvalue weighted by molar-refractivity contribution is -0.136. The van der Waals surface area contributed by atoms with Crippen LogP contribution in [0.5, 0.6) is 0 Å². The molecule has 0 aliphatic carbocycles. The Bertz CT molecular complexity index is 2210. The first kappa shape index (κ1) is 48.0. The molecular formula is C40H52N10O11S. The SMILES string of the molecule is COC(=O)/C=C(\C(=O)OC)c1c2ccccc2c2n1CCCC[C@H](NC(C)=O)C(=O)N[C@@H](C)C(=O)N[C@@H](C)C(=O)N[C@@H](C)C(=O)N[C@H](C(=O)N[C@@H](Cc1cnc[nH]1)C(N)=O)CS2. The summed E-state index contributed by atoms with van der Waals surface area (Å²) >= 11 is 1.11. The van der Waals surface area contributed by atoms with Gasteiger partial charge in [-0.3, -0.25) is 33.6 Å². The number of thioether (sulfide) groups is 1. The summed E-state index contributed by atoms with van der Waals surface area (Å²) in [6, 6.07) is -0.296. The Hall–Kier alpha value is -6.71. The van der Waals surface area contributed by atoms with E-state index >= 15 is 0 Å². The van der Waals surface area contributed by atoms with Gasteiger partial charge in [0, 0.05) is 54.4 Å². The minimum absolute atomic E-state index is 0.0485. The monoisotopic (exact) mass is 880 g/mol. The lowest BCUT2D eigenvalue weighted by Gasteiger charge is -2.24. The summed E-state index contributed by atoms with van der Waals surface area (Å²) in [5.41, 5.74) is 6.28. The zero-order valence-electron chi connectivity index (χ0n) is 35.1. The zero-order chi connectivity index (χ0) is 45.7. The summed E-state index contributed by atoms with van der Waals surface area (Å²) in [5, 5.41) is 17.0. The van der Waals surface area contributed by atoms with E-state index in [0.717, 1.165) is 32.1 Å². The summed E-state index contributed by atoms with van der Waals surface area (Å²) in [5.74, 6) is -6.99. The molecule has 3 aromatic rings. The number of ether oxygens (including phenoxy) is 2. The number of carbonyl (C=O) groups is 9. The van der Waals surface area contributed by atoms with Crippen LogP contribution in [-0.2, 0) is 65.6 Å². The number of primary amides is 1. The average molecular weight is 881 g/mol. The standard InChI is InChI=1S/C40H52N10O11S/c1-20-34(54)45-22(3)36(56)49-30(38(58)48-29(33(41)53)15-24-17-42-19-43-24)18-62-39-26-12-8-7-11-25(26)32(27(40(59)61-6)16-31(52)60-5)50(39)14-10-9-13-28(47-23(4)51)37(57)46-21(2)35(55)44-20/h7-8,11-12,16-17,19-22,28-30H,9-10,13-15,18H2,1-6H3,(H2,41,53)(H,42,43)(H,44,55)(H,45,54)(H,46,57)(H,47,51)(H,48,58)(H,49,56)/b27-16-/t20-,21-,22-,28-,29-,30-/m0/s1. The number of methoxy groups -OCH3 is 2. The number of nitrogens with one attached hydrogen (secondary N) is 7. The predicted molar refractivity (Wildman–Crippen MR) is 224 cm³/mol. The van der Waals surface area contributed by atoms with Crippen molar-refractivity contribution in [1.82, 2.24) is 46.4 Å². The van der Waals surface area contributed by atoms with Crippen LogP contribution in [0.25, 0.3) is 16.3 Å². The van der Waals surface area contributed by atoms with Crippen LogP contribution in [0.15, 0.2) is 47.9 Å². The third-order valence-electron chi connectivity index (χ3n) is 9.78. The second kappa shape index (κ2) is 22.2. The molecule has 1 aliphatic rings. The van der Waals surface area contributed by atoms with E-state index in [4.69, 9.17) is 15.2 Å². The molecule has 21 nitrogen and oxygen atoms in total. The highest BCUT2D eigenvalue weighted by atomic mass is 32.2. The minimum Gasteiger partial charge on any atom is -0.466 e. The Kier molecular flexibility index (Phi) is 17.2. The third kappa shape index (κ3) is 12.7. The number of fused-ring (bicyclic) bond motifs is 3. The topological polar surface area (TPSA) is 304 Å². The van der Waals surface area contributed by atoms with Crippen LogP contribution < -0.4 is 37.6 Å². The number of hydrogen-bond acceptors (Lipinski definition) is 13. The molecule has 0 bridgehead atoms. The van der Waals surface area contributed by atoms with E-state index in [0.29, 0.717) is 34.3 Å². The number of aromatic nitrogens is 3. The Morgan fingerprint density at radius 3 is 2.08 bits per heavy atom. The number of benzene rings is 1. The summed E-state index contributed by atoms with van der Waals surface area (Å²) in [4.78, 5) is 125. The van der Waals surface area contributed by atoms with Crippen molar-refractivity contribution >= 4 is 81.4 Å². The van der Waals surface area contributed by atoms with Gasteiger partial charge in [0.15, 0.2) is 0 Å². The molecule has 9 N–H and O–H groups in total. The molecule has 0 fully saturated rings. The van der Waals surface area contributed by atoms with Crippen molar-refractivity contribution in [3.8, 4) is 0 Å². The number of esters is 2. The lowest BCUT2D eigenvalue weighted by atomic mass is 10.1. The molecule has 22 heteroatoms. The van der Waals surface area contributed by atoms with Crippen LogP contribution in [0.1, 0.15) is 58.3 Å². The van der Waals surface area contributed by atoms with Crippen LogP contribution in [0.2, 0.25) is 0 Å². The van der Waals surface area contributed by atoms with Gasteiger partial charge in [-0.2, -0.15) is 0 Å². The van der Waals surface area contributed by atoms with Gasteiger partial charge in [-0.15, -0.1) is 11.8 Å². The molecule has 7 amide bonds. The molecule has 1 aromatic carbocycles. The number of hydrogen-bond donors (Lipinski definition) is 8. The maximum Gasteiger partial charge on any atom is 0.340 e. The van der Waals surface area contributed by atoms with Crippen LogP contribution in [0.4, 0.5) is 0 Å². The maximum absolute atomic E-state index is 14.1. The molecule has 2 aromatic heterocycles. The molecule has 0 saturated carbocycles. The summed E-state index contributed by atoms with van der Waals surface area (Å²) in [6.45, 7) is 5.52. The Morgan fingerprint density at radius 1 is 0.903 bits per heavy atom. The molecule has 3 heterocycles. The summed E-state index contributed by atoms with van der Waals surface area (Å²) in [6.07, 6.45) is 4.55. The lowest BCUT2D eigenvalue weighted by Crippen LogP contribution is -2.58. The number of rotatable bonds is 9. The van der Waals surface area contributed by atoms with Crippen LogP contribution in [-0.4, -0.2) is 124 Å². The van der Waals surface area contributed by atoms with Crippen molar-refractivity contribution in [3.05, 3.63) is 54.3 Å². The predicted octanol–water partition coefficient (Wildman–Crippen LogP) is -0.914. The molecule has 4 rings (SSSR count). The molecule has 1 aliphatic heterocycles. The quantitative estimate of drug-likeness (QED) is 0.0955. The van der Waals surface area contributed by atoms with E-state index in [2.05, 4.69) is 41.9 Å². The van der Waals surface area contributed by atoms with Crippen molar-refractivity contribution in [2.45, 2.75) is 101 Å². The van der Waals surface area contributed by atoms with Gasteiger partial charge in [-0.25, -0.2) is 14.6 Å². The van der Waals surface area contributed by atoms with E-state index in [-0.39, 0.29) is 36.4 Å². The smallest absolute Gasteiger partial charge is 0.340 e. The average Bonchev–Trinajstić information content (AvgIpc) is 3.86. The van der Waals surface area contributed by atoms with Crippen LogP contribution in [0, 0.1) is 0 Å². The van der Waals surface area contributed by atoms with Crippen molar-refractivity contribution in [1.29, 1.82) is 0 Å². The van der Waals surface area contributed by atoms with Gasteiger partial charge in [0.25, 0.3) is 0 Å². The van der Waals surface area contributed by atoms with E-state index < -0.39 is 89.5 Å². The molecule has 6 atom stereocenters. The van der Waals surface area contributed by atoms with Gasteiger partial charge in [-0.05, 0) is 40.0 Å². The second-order valence-electron chi connectivity index (χ2n) is 14.5. The van der Waals surface area contributed by atoms with Gasteiger partial charge in [0.2, 0.25) is 41.4 Å². The molecule has 334 valence electrons. The highest BCUT2D eigenvalue weighted by molar-refractivity contribution is 7.99.